The molecule has 0 aliphatic heterocycles. The second kappa shape index (κ2) is 6.41. The smallest absolute Gasteiger partial charge is 0.0897 e. The van der Waals surface area contributed by atoms with Crippen LogP contribution in [0.15, 0.2) is 28.2 Å². The molecule has 0 fully saturated rings. The third-order valence-electron chi connectivity index (χ3n) is 2.65. The van der Waals surface area contributed by atoms with Crippen LogP contribution in [-0.2, 0) is 6.42 Å². The minimum Gasteiger partial charge on any atom is -0.309 e. The molecule has 0 aromatic carbocycles. The third kappa shape index (κ3) is 3.37. The molecule has 0 radical (unpaired) electrons. The Labute approximate surface area is 120 Å². The average Bonchev–Trinajstić information content (AvgIpc) is 2.75. The Balaban J connectivity index is 2.20. The molecule has 5 heteroatoms. The lowest BCUT2D eigenvalue weighted by Gasteiger charge is -2.17. The van der Waals surface area contributed by atoms with Gasteiger partial charge in [0.2, 0.25) is 0 Å². The lowest BCUT2D eigenvalue weighted by atomic mass is 10.1. The number of hydrogen-bond donors (Lipinski definition) is 1. The summed E-state index contributed by atoms with van der Waals surface area (Å²) in [7, 11) is 0. The summed E-state index contributed by atoms with van der Waals surface area (Å²) in [6, 6.07) is 4.16. The molecule has 0 aliphatic rings. The second-order valence-corrected chi connectivity index (χ2v) is 5.96. The van der Waals surface area contributed by atoms with Crippen molar-refractivity contribution in [2.45, 2.75) is 26.3 Å². The first-order chi connectivity index (χ1) is 8.70. The van der Waals surface area contributed by atoms with E-state index in [0.29, 0.717) is 0 Å². The summed E-state index contributed by atoms with van der Waals surface area (Å²) in [6.45, 7) is 5.06. The number of halogens is 1. The monoisotopic (exact) mass is 325 g/mol. The number of thiazole rings is 1. The van der Waals surface area contributed by atoms with Crippen LogP contribution in [-0.4, -0.2) is 16.5 Å². The maximum absolute atomic E-state index is 4.52. The molecule has 0 spiro atoms. The highest BCUT2D eigenvalue weighted by molar-refractivity contribution is 9.10. The van der Waals surface area contributed by atoms with E-state index in [4.69, 9.17) is 0 Å². The zero-order chi connectivity index (χ0) is 13.0. The Morgan fingerprint density at radius 3 is 2.94 bits per heavy atom. The number of hydrogen-bond acceptors (Lipinski definition) is 4. The van der Waals surface area contributed by atoms with Crippen LogP contribution in [0.5, 0.6) is 0 Å². The maximum Gasteiger partial charge on any atom is 0.0897 e. The molecule has 1 atom stereocenters. The van der Waals surface area contributed by atoms with Gasteiger partial charge in [-0.25, -0.2) is 4.98 Å². The van der Waals surface area contributed by atoms with Gasteiger partial charge in [-0.3, -0.25) is 4.98 Å². The summed E-state index contributed by atoms with van der Waals surface area (Å²) in [5.74, 6) is 0. The van der Waals surface area contributed by atoms with Gasteiger partial charge < -0.3 is 5.32 Å². The number of pyridine rings is 1. The van der Waals surface area contributed by atoms with Gasteiger partial charge in [0.15, 0.2) is 0 Å². The molecule has 2 aromatic rings. The van der Waals surface area contributed by atoms with E-state index in [-0.39, 0.29) is 6.04 Å². The molecule has 0 saturated heterocycles. The second-order valence-electron chi connectivity index (χ2n) is 4.04. The van der Waals surface area contributed by atoms with Crippen LogP contribution in [0.2, 0.25) is 0 Å². The maximum atomic E-state index is 4.52. The van der Waals surface area contributed by atoms with Crippen LogP contribution in [0.25, 0.3) is 0 Å². The van der Waals surface area contributed by atoms with Crippen molar-refractivity contribution < 1.29 is 0 Å². The quantitative estimate of drug-likeness (QED) is 0.914. The Kier molecular flexibility index (Phi) is 4.86. The molecule has 2 heterocycles. The largest absolute Gasteiger partial charge is 0.309 e. The molecule has 3 nitrogen and oxygen atoms in total. The standard InChI is InChI=1S/C13H16BrN3S/c1-3-15-12(7-10-8-18-9(2)17-10)13-11(14)5-4-6-16-13/h4-6,8,12,15H,3,7H2,1-2H3. The lowest BCUT2D eigenvalue weighted by Crippen LogP contribution is -2.24. The van der Waals surface area contributed by atoms with Gasteiger partial charge in [-0.2, -0.15) is 0 Å². The highest BCUT2D eigenvalue weighted by Crippen LogP contribution is 2.24. The molecule has 0 saturated carbocycles. The van der Waals surface area contributed by atoms with Crippen LogP contribution in [0.3, 0.4) is 0 Å². The van der Waals surface area contributed by atoms with Crippen molar-refractivity contribution in [3.8, 4) is 0 Å². The summed E-state index contributed by atoms with van der Waals surface area (Å²) in [5.41, 5.74) is 2.17. The number of likely N-dealkylation sites (N-methyl/N-ethyl adjacent to an activating group) is 1. The van der Waals surface area contributed by atoms with Crippen molar-refractivity contribution in [3.63, 3.8) is 0 Å². The van der Waals surface area contributed by atoms with E-state index in [2.05, 4.69) is 43.5 Å². The average molecular weight is 326 g/mol. The van der Waals surface area contributed by atoms with E-state index in [1.165, 1.54) is 0 Å². The summed E-state index contributed by atoms with van der Waals surface area (Å²) >= 11 is 5.26. The molecule has 2 rings (SSSR count). The molecule has 0 amide bonds. The minimum atomic E-state index is 0.201. The van der Waals surface area contributed by atoms with Crippen LogP contribution in [0.4, 0.5) is 0 Å². The fraction of sp³-hybridized carbons (Fsp3) is 0.385. The molecule has 1 unspecified atom stereocenters. The Morgan fingerprint density at radius 1 is 1.50 bits per heavy atom. The van der Waals surface area contributed by atoms with Crippen molar-refractivity contribution in [2.75, 3.05) is 6.54 Å². The highest BCUT2D eigenvalue weighted by atomic mass is 79.9. The normalized spacial score (nSPS) is 12.6. The topological polar surface area (TPSA) is 37.8 Å². The molecule has 18 heavy (non-hydrogen) atoms. The zero-order valence-electron chi connectivity index (χ0n) is 10.5. The van der Waals surface area contributed by atoms with Crippen molar-refractivity contribution in [3.05, 3.63) is 44.6 Å². The van der Waals surface area contributed by atoms with E-state index in [9.17, 15) is 0 Å². The third-order valence-corrected chi connectivity index (χ3v) is 4.14. The number of nitrogens with one attached hydrogen (secondary N) is 1. The van der Waals surface area contributed by atoms with Gasteiger partial charge >= 0.3 is 0 Å². The van der Waals surface area contributed by atoms with E-state index in [1.54, 1.807) is 11.3 Å². The summed E-state index contributed by atoms with van der Waals surface area (Å²) in [6.07, 6.45) is 2.70. The lowest BCUT2D eigenvalue weighted by molar-refractivity contribution is 0.530. The molecular weight excluding hydrogens is 310 g/mol. The van der Waals surface area contributed by atoms with Crippen LogP contribution < -0.4 is 5.32 Å². The fourth-order valence-electron chi connectivity index (χ4n) is 1.88. The van der Waals surface area contributed by atoms with Crippen molar-refractivity contribution >= 4 is 27.3 Å². The SMILES string of the molecule is CCNC(Cc1csc(C)n1)c1ncccc1Br. The molecule has 0 bridgehead atoms. The fourth-order valence-corrected chi connectivity index (χ4v) is 3.03. The Hall–Kier alpha value is -0.780. The Bertz CT molecular complexity index is 512. The van der Waals surface area contributed by atoms with Gasteiger partial charge in [0.1, 0.15) is 0 Å². The van der Waals surface area contributed by atoms with E-state index in [0.717, 1.165) is 33.8 Å². The van der Waals surface area contributed by atoms with Gasteiger partial charge in [-0.1, -0.05) is 6.92 Å². The van der Waals surface area contributed by atoms with Crippen LogP contribution in [0.1, 0.15) is 29.4 Å². The summed E-state index contributed by atoms with van der Waals surface area (Å²) < 4.78 is 1.04. The van der Waals surface area contributed by atoms with Crippen molar-refractivity contribution in [2.24, 2.45) is 0 Å². The highest BCUT2D eigenvalue weighted by Gasteiger charge is 2.16. The van der Waals surface area contributed by atoms with E-state index in [1.807, 2.05) is 25.3 Å². The van der Waals surface area contributed by atoms with Crippen LogP contribution >= 0.6 is 27.3 Å². The van der Waals surface area contributed by atoms with E-state index >= 15 is 0 Å². The molecule has 1 N–H and O–H groups in total. The van der Waals surface area contributed by atoms with Gasteiger partial charge in [-0.05, 0) is 41.5 Å². The number of aryl methyl sites for hydroxylation is 1. The molecule has 96 valence electrons. The van der Waals surface area contributed by atoms with Crippen LogP contribution in [0, 0.1) is 6.92 Å². The summed E-state index contributed by atoms with van der Waals surface area (Å²) in [4.78, 5) is 8.99. The Morgan fingerprint density at radius 2 is 2.33 bits per heavy atom. The predicted molar refractivity (Wildman–Crippen MR) is 78.9 cm³/mol. The van der Waals surface area contributed by atoms with E-state index < -0.39 is 0 Å². The number of aromatic nitrogens is 2. The first kappa shape index (κ1) is 13.6. The van der Waals surface area contributed by atoms with Gasteiger partial charge in [-0.15, -0.1) is 11.3 Å². The van der Waals surface area contributed by atoms with Gasteiger partial charge in [0.25, 0.3) is 0 Å². The molecular formula is C13H16BrN3S. The van der Waals surface area contributed by atoms with Gasteiger partial charge in [0, 0.05) is 22.5 Å². The first-order valence-corrected chi connectivity index (χ1v) is 7.62. The minimum absolute atomic E-state index is 0.201. The zero-order valence-corrected chi connectivity index (χ0v) is 12.9. The number of rotatable bonds is 5. The van der Waals surface area contributed by atoms with Gasteiger partial charge in [0.05, 0.1) is 22.4 Å². The molecule has 2 aromatic heterocycles. The number of nitrogens with zero attached hydrogens (tertiary/aromatic N) is 2. The predicted octanol–water partition coefficient (Wildman–Crippen LogP) is 3.50. The van der Waals surface area contributed by atoms with Crippen molar-refractivity contribution in [1.29, 1.82) is 0 Å². The molecule has 0 aliphatic carbocycles. The summed E-state index contributed by atoms with van der Waals surface area (Å²) in [5, 5.41) is 6.70. The first-order valence-electron chi connectivity index (χ1n) is 5.95. The van der Waals surface area contributed by atoms with Crippen molar-refractivity contribution in [1.82, 2.24) is 15.3 Å².